The number of halogens is 5. The average molecular weight is 475 g/mol. The Morgan fingerprint density at radius 3 is 2.47 bits per heavy atom. The van der Waals surface area contributed by atoms with Crippen molar-refractivity contribution in [2.45, 2.75) is 12.7 Å². The molecule has 1 aromatic carbocycles. The Balaban J connectivity index is 1.52. The Kier molecular flexibility index (Phi) is 7.45. The minimum Gasteiger partial charge on any atom is -0.494 e. The molecule has 1 amide bonds. The molecular formula is C21H23ClF4N4O2. The lowest BCUT2D eigenvalue weighted by Crippen LogP contribution is -2.50. The number of hydrogen-bond donors (Lipinski definition) is 0. The monoisotopic (exact) mass is 474 g/mol. The Morgan fingerprint density at radius 1 is 1.22 bits per heavy atom. The topological polar surface area (TPSA) is 48.9 Å². The Labute approximate surface area is 188 Å². The van der Waals surface area contributed by atoms with Crippen LogP contribution in [0.2, 0.25) is 5.02 Å². The number of carbonyl (C=O) groups excluding carboxylic acids is 1. The number of anilines is 1. The lowest BCUT2D eigenvalue weighted by Gasteiger charge is -2.36. The second kappa shape index (κ2) is 9.91. The largest absolute Gasteiger partial charge is 0.494 e. The molecule has 11 heteroatoms. The number of likely N-dealkylation sites (N-methyl/N-ethyl adjacent to an activating group) is 1. The van der Waals surface area contributed by atoms with Gasteiger partial charge in [-0.1, -0.05) is 17.7 Å². The molecule has 0 bridgehead atoms. The maximum absolute atomic E-state index is 13.8. The highest BCUT2D eigenvalue weighted by Crippen LogP contribution is 2.33. The lowest BCUT2D eigenvalue weighted by molar-refractivity contribution is -0.137. The maximum Gasteiger partial charge on any atom is 0.417 e. The molecule has 2 heterocycles. The van der Waals surface area contributed by atoms with Crippen LogP contribution >= 0.6 is 11.6 Å². The number of hydrogen-bond acceptors (Lipinski definition) is 5. The molecule has 1 fully saturated rings. The fraction of sp³-hybridized carbons (Fsp3) is 0.429. The summed E-state index contributed by atoms with van der Waals surface area (Å²) in [6.45, 7) is 2.42. The van der Waals surface area contributed by atoms with Crippen LogP contribution in [0.4, 0.5) is 23.4 Å². The molecule has 174 valence electrons. The number of pyridine rings is 1. The van der Waals surface area contributed by atoms with E-state index in [0.29, 0.717) is 37.6 Å². The van der Waals surface area contributed by atoms with E-state index >= 15 is 0 Å². The molecule has 0 unspecified atom stereocenters. The highest BCUT2D eigenvalue weighted by Gasteiger charge is 2.32. The van der Waals surface area contributed by atoms with E-state index in [9.17, 15) is 22.4 Å². The van der Waals surface area contributed by atoms with E-state index < -0.39 is 17.6 Å². The summed E-state index contributed by atoms with van der Waals surface area (Å²) in [5.41, 5.74) is -0.248. The molecule has 3 rings (SSSR count). The van der Waals surface area contributed by atoms with Crippen LogP contribution in [0.1, 0.15) is 11.1 Å². The number of piperazine rings is 1. The van der Waals surface area contributed by atoms with Gasteiger partial charge in [0.05, 0.1) is 24.2 Å². The zero-order valence-electron chi connectivity index (χ0n) is 17.6. The summed E-state index contributed by atoms with van der Waals surface area (Å²) in [5, 5.41) is -0.0594. The van der Waals surface area contributed by atoms with Crippen LogP contribution in [-0.4, -0.2) is 67.6 Å². The van der Waals surface area contributed by atoms with Crippen molar-refractivity contribution < 1.29 is 27.1 Å². The second-order valence-corrected chi connectivity index (χ2v) is 7.92. The molecule has 0 saturated carbocycles. The van der Waals surface area contributed by atoms with Gasteiger partial charge in [-0.2, -0.15) is 13.2 Å². The van der Waals surface area contributed by atoms with Gasteiger partial charge in [-0.3, -0.25) is 9.69 Å². The van der Waals surface area contributed by atoms with Crippen LogP contribution in [0.15, 0.2) is 30.5 Å². The molecule has 0 spiro atoms. The second-order valence-electron chi connectivity index (χ2n) is 7.51. The van der Waals surface area contributed by atoms with Gasteiger partial charge in [-0.05, 0) is 23.8 Å². The van der Waals surface area contributed by atoms with Crippen molar-refractivity contribution in [1.82, 2.24) is 14.8 Å². The highest BCUT2D eigenvalue weighted by molar-refractivity contribution is 6.33. The number of amides is 1. The predicted molar refractivity (Wildman–Crippen MR) is 112 cm³/mol. The van der Waals surface area contributed by atoms with Crippen molar-refractivity contribution >= 4 is 23.3 Å². The molecule has 6 nitrogen and oxygen atoms in total. The van der Waals surface area contributed by atoms with Gasteiger partial charge in [0.25, 0.3) is 0 Å². The fourth-order valence-corrected chi connectivity index (χ4v) is 3.70. The molecule has 1 saturated heterocycles. The zero-order chi connectivity index (χ0) is 23.5. The van der Waals surface area contributed by atoms with Gasteiger partial charge in [-0.15, -0.1) is 0 Å². The normalized spacial score (nSPS) is 15.0. The molecule has 0 N–H and O–H groups in total. The van der Waals surface area contributed by atoms with Crippen LogP contribution in [0, 0.1) is 5.82 Å². The van der Waals surface area contributed by atoms with Crippen molar-refractivity contribution in [2.24, 2.45) is 0 Å². The summed E-state index contributed by atoms with van der Waals surface area (Å²) in [4.78, 5) is 21.7. The van der Waals surface area contributed by atoms with E-state index in [1.807, 2.05) is 4.90 Å². The van der Waals surface area contributed by atoms with E-state index in [1.165, 1.54) is 24.1 Å². The molecule has 0 radical (unpaired) electrons. The first kappa shape index (κ1) is 24.1. The van der Waals surface area contributed by atoms with Crippen molar-refractivity contribution in [3.63, 3.8) is 0 Å². The highest BCUT2D eigenvalue weighted by atomic mass is 35.5. The summed E-state index contributed by atoms with van der Waals surface area (Å²) >= 11 is 6.03. The van der Waals surface area contributed by atoms with Crippen LogP contribution in [0.25, 0.3) is 0 Å². The molecule has 1 aliphatic heterocycles. The van der Waals surface area contributed by atoms with Gasteiger partial charge in [0.15, 0.2) is 11.6 Å². The quantitative estimate of drug-likeness (QED) is 0.598. The molecule has 1 aromatic heterocycles. The summed E-state index contributed by atoms with van der Waals surface area (Å²) < 4.78 is 57.1. The predicted octanol–water partition coefficient (Wildman–Crippen LogP) is 3.68. The molecule has 0 atom stereocenters. The smallest absolute Gasteiger partial charge is 0.417 e. The van der Waals surface area contributed by atoms with E-state index in [0.717, 1.165) is 12.3 Å². The number of alkyl halides is 3. The lowest BCUT2D eigenvalue weighted by atomic mass is 10.2. The minimum absolute atomic E-state index is 0.0594. The van der Waals surface area contributed by atoms with Crippen LogP contribution in [0.3, 0.4) is 0 Å². The number of methoxy groups -OCH3 is 1. The number of rotatable bonds is 6. The van der Waals surface area contributed by atoms with Crippen molar-refractivity contribution in [2.75, 3.05) is 51.8 Å². The van der Waals surface area contributed by atoms with Gasteiger partial charge in [-0.25, -0.2) is 9.37 Å². The average Bonchev–Trinajstić information content (AvgIpc) is 2.74. The molecular weight excluding hydrogens is 452 g/mol. The van der Waals surface area contributed by atoms with Crippen molar-refractivity contribution in [1.29, 1.82) is 0 Å². The van der Waals surface area contributed by atoms with Crippen LogP contribution < -0.4 is 9.64 Å². The van der Waals surface area contributed by atoms with Gasteiger partial charge in [0.1, 0.15) is 5.82 Å². The fourth-order valence-electron chi connectivity index (χ4n) is 3.42. The Morgan fingerprint density at radius 2 is 1.91 bits per heavy atom. The van der Waals surface area contributed by atoms with Crippen molar-refractivity contribution in [3.8, 4) is 5.75 Å². The van der Waals surface area contributed by atoms with E-state index in [-0.39, 0.29) is 29.8 Å². The third kappa shape index (κ3) is 5.80. The van der Waals surface area contributed by atoms with E-state index in [4.69, 9.17) is 16.3 Å². The molecule has 1 aliphatic rings. The third-order valence-electron chi connectivity index (χ3n) is 5.24. The van der Waals surface area contributed by atoms with Gasteiger partial charge in [0, 0.05) is 46.0 Å². The van der Waals surface area contributed by atoms with Crippen molar-refractivity contribution in [3.05, 3.63) is 52.4 Å². The molecule has 2 aromatic rings. The Bertz CT molecular complexity index is 965. The summed E-state index contributed by atoms with van der Waals surface area (Å²) in [7, 11) is 3.03. The summed E-state index contributed by atoms with van der Waals surface area (Å²) in [5.74, 6) is -0.176. The molecule has 0 aliphatic carbocycles. The number of aromatic nitrogens is 1. The zero-order valence-corrected chi connectivity index (χ0v) is 18.4. The first-order chi connectivity index (χ1) is 15.1. The SMILES string of the molecule is COc1ccc(CN(C)C(=O)CN2CCN(c3ncc(C(F)(F)F)cc3Cl)CC2)cc1F. The maximum atomic E-state index is 13.8. The minimum atomic E-state index is -4.50. The van der Waals surface area contributed by atoms with Gasteiger partial charge < -0.3 is 14.5 Å². The van der Waals surface area contributed by atoms with Gasteiger partial charge >= 0.3 is 6.18 Å². The standard InChI is InChI=1S/C21H23ClF4N4O2/c1-28(12-14-3-4-18(32-2)17(23)9-14)19(31)13-29-5-7-30(8-6-29)20-16(22)10-15(11-27-20)21(24,25)26/h3-4,9-11H,5-8,12-13H2,1-2H3. The van der Waals surface area contributed by atoms with Crippen LogP contribution in [-0.2, 0) is 17.5 Å². The number of carbonyl (C=O) groups is 1. The number of nitrogens with zero attached hydrogens (tertiary/aromatic N) is 4. The first-order valence-corrected chi connectivity index (χ1v) is 10.2. The van der Waals surface area contributed by atoms with E-state index in [2.05, 4.69) is 4.98 Å². The summed E-state index contributed by atoms with van der Waals surface area (Å²) in [6.07, 6.45) is -3.73. The van der Waals surface area contributed by atoms with Gasteiger partial charge in [0.2, 0.25) is 5.91 Å². The number of ether oxygens (including phenoxy) is 1. The van der Waals surface area contributed by atoms with Crippen LogP contribution in [0.5, 0.6) is 5.75 Å². The molecule has 32 heavy (non-hydrogen) atoms. The van der Waals surface area contributed by atoms with E-state index in [1.54, 1.807) is 18.0 Å². The summed E-state index contributed by atoms with van der Waals surface area (Å²) in [6, 6.07) is 5.42. The number of benzene rings is 1. The Hall–Kier alpha value is -2.59. The third-order valence-corrected chi connectivity index (χ3v) is 5.52. The first-order valence-electron chi connectivity index (χ1n) is 9.85.